The van der Waals surface area contributed by atoms with Gasteiger partial charge in [0.05, 0.1) is 12.8 Å². The third-order valence-electron chi connectivity index (χ3n) is 6.42. The number of nitrogens with one attached hydrogen (secondary N) is 1. The van der Waals surface area contributed by atoms with E-state index in [1.807, 2.05) is 48.7 Å². The van der Waals surface area contributed by atoms with E-state index in [-0.39, 0.29) is 12.1 Å². The number of amides is 4. The van der Waals surface area contributed by atoms with Crippen LogP contribution in [0.3, 0.4) is 0 Å². The monoisotopic (exact) mass is 475 g/mol. The molecule has 7 heteroatoms. The van der Waals surface area contributed by atoms with Crippen molar-refractivity contribution in [3.8, 4) is 0 Å². The summed E-state index contributed by atoms with van der Waals surface area (Å²) in [6.07, 6.45) is 4.96. The van der Waals surface area contributed by atoms with E-state index < -0.39 is 17.8 Å². The van der Waals surface area contributed by atoms with Crippen molar-refractivity contribution < 1.29 is 18.8 Å². The van der Waals surface area contributed by atoms with Gasteiger partial charge in [-0.25, -0.2) is 4.79 Å². The van der Waals surface area contributed by atoms with Crippen molar-refractivity contribution in [3.63, 3.8) is 0 Å². The maximum atomic E-state index is 13.2. The molecule has 1 saturated heterocycles. The number of hydrogen-bond acceptors (Lipinski definition) is 4. The number of nitrogens with zero attached hydrogens (tertiary/aromatic N) is 2. The van der Waals surface area contributed by atoms with Gasteiger partial charge in [-0.15, -0.1) is 0 Å². The lowest BCUT2D eigenvalue weighted by Crippen LogP contribution is -2.53. The van der Waals surface area contributed by atoms with E-state index in [0.717, 1.165) is 26.9 Å². The largest absolute Gasteiger partial charge is 0.467 e. The highest BCUT2D eigenvalue weighted by molar-refractivity contribution is 6.31. The Hall–Kier alpha value is -4.91. The van der Waals surface area contributed by atoms with E-state index in [9.17, 15) is 14.4 Å². The molecule has 2 aromatic heterocycles. The zero-order valence-electron chi connectivity index (χ0n) is 19.2. The van der Waals surface area contributed by atoms with E-state index in [4.69, 9.17) is 4.42 Å². The molecule has 3 aromatic carbocycles. The molecule has 0 atom stereocenters. The predicted octanol–water partition coefficient (Wildman–Crippen LogP) is 5.10. The number of carbonyl (C=O) groups excluding carboxylic acids is 3. The van der Waals surface area contributed by atoms with Crippen LogP contribution < -0.4 is 5.32 Å². The summed E-state index contributed by atoms with van der Waals surface area (Å²) >= 11 is 0. The normalized spacial score (nSPS) is 15.3. The summed E-state index contributed by atoms with van der Waals surface area (Å²) in [6, 6.07) is 24.9. The summed E-state index contributed by atoms with van der Waals surface area (Å²) < 4.78 is 7.39. The number of urea groups is 1. The summed E-state index contributed by atoms with van der Waals surface area (Å²) in [5.74, 6) is -0.934. The first kappa shape index (κ1) is 21.6. The molecule has 4 amide bonds. The number of rotatable bonds is 5. The highest BCUT2D eigenvalue weighted by atomic mass is 16.3. The molecule has 1 aliphatic heterocycles. The molecule has 36 heavy (non-hydrogen) atoms. The predicted molar refractivity (Wildman–Crippen MR) is 136 cm³/mol. The molecule has 176 valence electrons. The van der Waals surface area contributed by atoms with Gasteiger partial charge in [0, 0.05) is 29.2 Å². The molecule has 0 spiro atoms. The molecule has 7 nitrogen and oxygen atoms in total. The van der Waals surface area contributed by atoms with Gasteiger partial charge in [0.2, 0.25) is 0 Å². The van der Waals surface area contributed by atoms with E-state index in [1.54, 1.807) is 18.2 Å². The van der Waals surface area contributed by atoms with Crippen LogP contribution in [0.25, 0.3) is 27.8 Å². The highest BCUT2D eigenvalue weighted by Gasteiger charge is 2.36. The van der Waals surface area contributed by atoms with E-state index in [2.05, 4.69) is 34.1 Å². The lowest BCUT2D eigenvalue weighted by molar-refractivity contribution is -0.130. The molecular weight excluding hydrogens is 454 g/mol. The Bertz CT molecular complexity index is 1670. The minimum Gasteiger partial charge on any atom is -0.467 e. The summed E-state index contributed by atoms with van der Waals surface area (Å²) in [5.41, 5.74) is 2.75. The average molecular weight is 476 g/mol. The molecule has 1 aliphatic rings. The molecule has 0 saturated carbocycles. The van der Waals surface area contributed by atoms with Crippen molar-refractivity contribution in [1.82, 2.24) is 14.8 Å². The molecule has 0 radical (unpaired) electrons. The number of imide groups is 2. The van der Waals surface area contributed by atoms with Crippen LogP contribution in [-0.2, 0) is 22.7 Å². The van der Waals surface area contributed by atoms with Gasteiger partial charge in [-0.1, -0.05) is 60.7 Å². The molecule has 5 aromatic rings. The van der Waals surface area contributed by atoms with Gasteiger partial charge in [0.25, 0.3) is 11.8 Å². The number of para-hydroxylation sites is 1. The fourth-order valence-corrected chi connectivity index (χ4v) is 4.69. The van der Waals surface area contributed by atoms with E-state index >= 15 is 0 Å². The molecule has 0 bridgehead atoms. The Morgan fingerprint density at radius 2 is 1.58 bits per heavy atom. The Labute approximate surface area is 206 Å². The molecule has 1 N–H and O–H groups in total. The van der Waals surface area contributed by atoms with Crippen LogP contribution in [0.5, 0.6) is 0 Å². The molecule has 0 aliphatic carbocycles. The minimum absolute atomic E-state index is 0.0644. The first-order valence-corrected chi connectivity index (χ1v) is 11.5. The Kier molecular flexibility index (Phi) is 5.22. The molecule has 0 unspecified atom stereocenters. The zero-order valence-corrected chi connectivity index (χ0v) is 19.2. The van der Waals surface area contributed by atoms with Gasteiger partial charge >= 0.3 is 6.03 Å². The average Bonchev–Trinajstić information content (AvgIpc) is 3.53. The second-order valence-electron chi connectivity index (χ2n) is 8.66. The Morgan fingerprint density at radius 3 is 2.42 bits per heavy atom. The van der Waals surface area contributed by atoms with E-state index in [1.165, 1.54) is 17.0 Å². The number of carbonyl (C=O) groups is 3. The zero-order chi connectivity index (χ0) is 24.6. The SMILES string of the molecule is O=C1NC(=O)N(Cc2ccco2)C(=O)C1=Cc1cn(Cc2cccc3ccccc23)c2ccccc12. The quantitative estimate of drug-likeness (QED) is 0.283. The Morgan fingerprint density at radius 1 is 0.806 bits per heavy atom. The maximum absolute atomic E-state index is 13.2. The topological polar surface area (TPSA) is 84.6 Å². The van der Waals surface area contributed by atoms with Crippen molar-refractivity contribution in [3.05, 3.63) is 114 Å². The van der Waals surface area contributed by atoms with Gasteiger partial charge in [0.1, 0.15) is 11.3 Å². The van der Waals surface area contributed by atoms with Gasteiger partial charge in [-0.3, -0.25) is 19.8 Å². The van der Waals surface area contributed by atoms with Crippen LogP contribution in [0.15, 0.2) is 101 Å². The van der Waals surface area contributed by atoms with Crippen LogP contribution in [-0.4, -0.2) is 27.3 Å². The second kappa shape index (κ2) is 8.70. The smallest absolute Gasteiger partial charge is 0.331 e. The summed E-state index contributed by atoms with van der Waals surface area (Å²) in [4.78, 5) is 39.2. The second-order valence-corrected chi connectivity index (χ2v) is 8.66. The summed E-state index contributed by atoms with van der Waals surface area (Å²) in [5, 5.41) is 5.51. The van der Waals surface area contributed by atoms with Crippen molar-refractivity contribution >= 4 is 45.6 Å². The maximum Gasteiger partial charge on any atom is 0.331 e. The minimum atomic E-state index is -0.767. The van der Waals surface area contributed by atoms with Gasteiger partial charge in [-0.2, -0.15) is 0 Å². The third-order valence-corrected chi connectivity index (χ3v) is 6.42. The molecular formula is C29H21N3O4. The first-order valence-electron chi connectivity index (χ1n) is 11.5. The van der Waals surface area contributed by atoms with Crippen LogP contribution >= 0.6 is 0 Å². The third kappa shape index (κ3) is 3.76. The van der Waals surface area contributed by atoms with Crippen molar-refractivity contribution in [2.75, 3.05) is 0 Å². The number of barbiturate groups is 1. The van der Waals surface area contributed by atoms with Gasteiger partial charge in [0.15, 0.2) is 0 Å². The van der Waals surface area contributed by atoms with Crippen LogP contribution in [0, 0.1) is 0 Å². The first-order chi connectivity index (χ1) is 17.6. The molecule has 6 rings (SSSR count). The van der Waals surface area contributed by atoms with Crippen LogP contribution in [0.4, 0.5) is 4.79 Å². The number of benzene rings is 3. The van der Waals surface area contributed by atoms with E-state index in [0.29, 0.717) is 12.3 Å². The highest BCUT2D eigenvalue weighted by Crippen LogP contribution is 2.28. The fraction of sp³-hybridized carbons (Fsp3) is 0.0690. The van der Waals surface area contributed by atoms with Crippen LogP contribution in [0.2, 0.25) is 0 Å². The summed E-state index contributed by atoms with van der Waals surface area (Å²) in [6.45, 7) is 0.555. The van der Waals surface area contributed by atoms with Crippen LogP contribution in [0.1, 0.15) is 16.9 Å². The lowest BCUT2D eigenvalue weighted by atomic mass is 10.0. The lowest BCUT2D eigenvalue weighted by Gasteiger charge is -2.25. The van der Waals surface area contributed by atoms with Crippen molar-refractivity contribution in [1.29, 1.82) is 0 Å². The number of fused-ring (bicyclic) bond motifs is 2. The number of furan rings is 1. The number of aromatic nitrogens is 1. The summed E-state index contributed by atoms with van der Waals surface area (Å²) in [7, 11) is 0. The number of hydrogen-bond donors (Lipinski definition) is 1. The standard InChI is InChI=1S/C29H21N3O4/c33-27-25(28(34)32(29(35)30-27)18-22-10-6-14-36-22)15-21-17-31(26-13-4-3-12-24(21)26)16-20-9-5-8-19-7-1-2-11-23(19)20/h1-15,17H,16,18H2,(H,30,33,35). The Balaban J connectivity index is 1.40. The van der Waals surface area contributed by atoms with Crippen molar-refractivity contribution in [2.45, 2.75) is 13.1 Å². The fourth-order valence-electron chi connectivity index (χ4n) is 4.69. The molecule has 1 fully saturated rings. The molecule has 3 heterocycles. The van der Waals surface area contributed by atoms with Gasteiger partial charge in [-0.05, 0) is 40.6 Å². The van der Waals surface area contributed by atoms with Crippen molar-refractivity contribution in [2.24, 2.45) is 0 Å². The van der Waals surface area contributed by atoms with Gasteiger partial charge < -0.3 is 8.98 Å².